The van der Waals surface area contributed by atoms with Gasteiger partial charge in [0.25, 0.3) is 5.69 Å². The van der Waals surface area contributed by atoms with Crippen LogP contribution in [0.5, 0.6) is 0 Å². The number of hydrogen-bond donors (Lipinski definition) is 1. The second kappa shape index (κ2) is 8.47. The van der Waals surface area contributed by atoms with Crippen LogP contribution in [0.4, 0.5) is 24.5 Å². The van der Waals surface area contributed by atoms with Crippen LogP contribution in [0.25, 0.3) is 0 Å². The molecule has 1 N–H and O–H groups in total. The fourth-order valence-corrected chi connectivity index (χ4v) is 3.18. The number of nitrogens with zero attached hydrogens (tertiary/aromatic N) is 3. The Morgan fingerprint density at radius 2 is 1.78 bits per heavy atom. The van der Waals surface area contributed by atoms with E-state index in [1.807, 2.05) is 0 Å². The number of nitro groups is 1. The standard InChI is InChI=1S/C15H7Cl2F3N4O2S/c16-11-5-10(27-15(18,19)20)6-12(17)14(11)23-22-13(7-21)8-1-3-9(4-2-8)24(25)26/h1-6,23H/b22-13+. The number of rotatable bonds is 5. The largest absolute Gasteiger partial charge is 0.446 e. The highest BCUT2D eigenvalue weighted by Gasteiger charge is 2.29. The summed E-state index contributed by atoms with van der Waals surface area (Å²) in [7, 11) is 0. The predicted octanol–water partition coefficient (Wildman–Crippen LogP) is 5.85. The number of thioether (sulfide) groups is 1. The molecule has 0 aliphatic carbocycles. The first kappa shape index (κ1) is 20.8. The van der Waals surface area contributed by atoms with Crippen molar-refractivity contribution in [3.63, 3.8) is 0 Å². The number of non-ortho nitro benzene ring substituents is 1. The van der Waals surface area contributed by atoms with E-state index in [0.29, 0.717) is 0 Å². The highest BCUT2D eigenvalue weighted by atomic mass is 35.5. The Balaban J connectivity index is 2.27. The van der Waals surface area contributed by atoms with Gasteiger partial charge in [-0.2, -0.15) is 23.5 Å². The lowest BCUT2D eigenvalue weighted by atomic mass is 10.1. The van der Waals surface area contributed by atoms with Gasteiger partial charge >= 0.3 is 5.51 Å². The molecule has 0 unspecified atom stereocenters. The van der Waals surface area contributed by atoms with Crippen molar-refractivity contribution >= 4 is 52.1 Å². The average molecular weight is 435 g/mol. The number of hydrogen-bond acceptors (Lipinski definition) is 6. The molecule has 0 radical (unpaired) electrons. The average Bonchev–Trinajstić information content (AvgIpc) is 2.56. The summed E-state index contributed by atoms with van der Waals surface area (Å²) >= 11 is 11.5. The Morgan fingerprint density at radius 3 is 2.22 bits per heavy atom. The van der Waals surface area contributed by atoms with Gasteiger partial charge in [0, 0.05) is 22.6 Å². The minimum Gasteiger partial charge on any atom is -0.274 e. The summed E-state index contributed by atoms with van der Waals surface area (Å²) in [5.41, 5.74) is -2.06. The molecule has 0 fully saturated rings. The summed E-state index contributed by atoms with van der Waals surface area (Å²) in [6, 6.07) is 8.97. The van der Waals surface area contributed by atoms with Gasteiger partial charge in [0.15, 0.2) is 5.71 Å². The molecular weight excluding hydrogens is 428 g/mol. The molecule has 2 rings (SSSR count). The topological polar surface area (TPSA) is 91.3 Å². The highest BCUT2D eigenvalue weighted by Crippen LogP contribution is 2.41. The molecule has 0 heterocycles. The SMILES string of the molecule is N#C/C(=N\Nc1c(Cl)cc(SC(F)(F)F)cc1Cl)c1ccc([N+](=O)[O-])cc1. The van der Waals surface area contributed by atoms with Crippen LogP contribution < -0.4 is 5.43 Å². The summed E-state index contributed by atoms with van der Waals surface area (Å²) < 4.78 is 37.3. The summed E-state index contributed by atoms with van der Waals surface area (Å²) in [6.07, 6.45) is 0. The number of alkyl halides is 3. The van der Waals surface area contributed by atoms with Gasteiger partial charge in [-0.25, -0.2) is 0 Å². The zero-order valence-corrected chi connectivity index (χ0v) is 15.2. The first-order valence-corrected chi connectivity index (χ1v) is 8.41. The van der Waals surface area contributed by atoms with Crippen molar-refractivity contribution in [2.45, 2.75) is 10.4 Å². The number of anilines is 1. The monoisotopic (exact) mass is 434 g/mol. The Morgan fingerprint density at radius 1 is 1.22 bits per heavy atom. The molecule has 0 aromatic heterocycles. The molecule has 0 aliphatic rings. The van der Waals surface area contributed by atoms with Crippen molar-refractivity contribution in [3.05, 3.63) is 62.1 Å². The van der Waals surface area contributed by atoms with Crippen molar-refractivity contribution in [3.8, 4) is 6.07 Å². The maximum Gasteiger partial charge on any atom is 0.446 e. The van der Waals surface area contributed by atoms with E-state index in [9.17, 15) is 28.5 Å². The molecule has 140 valence electrons. The lowest BCUT2D eigenvalue weighted by Crippen LogP contribution is -2.03. The number of halogens is 5. The number of nitro benzene ring substituents is 1. The third-order valence-corrected chi connectivity index (χ3v) is 4.29. The van der Waals surface area contributed by atoms with Gasteiger partial charge in [0.1, 0.15) is 6.07 Å². The smallest absolute Gasteiger partial charge is 0.274 e. The first-order chi connectivity index (χ1) is 12.6. The van der Waals surface area contributed by atoms with Crippen molar-refractivity contribution in [1.29, 1.82) is 5.26 Å². The van der Waals surface area contributed by atoms with Gasteiger partial charge in [-0.1, -0.05) is 23.2 Å². The van der Waals surface area contributed by atoms with Gasteiger partial charge in [-0.3, -0.25) is 15.5 Å². The third kappa shape index (κ3) is 5.75. The van der Waals surface area contributed by atoms with E-state index in [1.165, 1.54) is 24.3 Å². The van der Waals surface area contributed by atoms with Gasteiger partial charge in [-0.05, 0) is 36.0 Å². The van der Waals surface area contributed by atoms with E-state index >= 15 is 0 Å². The highest BCUT2D eigenvalue weighted by molar-refractivity contribution is 8.00. The molecule has 27 heavy (non-hydrogen) atoms. The second-order valence-corrected chi connectivity index (χ2v) is 6.75. The molecule has 2 aromatic rings. The molecule has 0 spiro atoms. The minimum atomic E-state index is -4.50. The maximum absolute atomic E-state index is 12.4. The van der Waals surface area contributed by atoms with E-state index in [2.05, 4.69) is 10.5 Å². The van der Waals surface area contributed by atoms with Crippen LogP contribution in [0.2, 0.25) is 10.0 Å². The third-order valence-electron chi connectivity index (χ3n) is 2.99. The normalized spacial score (nSPS) is 11.8. The van der Waals surface area contributed by atoms with Gasteiger partial charge in [0.2, 0.25) is 0 Å². The van der Waals surface area contributed by atoms with Crippen LogP contribution >= 0.6 is 35.0 Å². The molecule has 12 heteroatoms. The summed E-state index contributed by atoms with van der Waals surface area (Å²) in [4.78, 5) is 9.85. The Kier molecular flexibility index (Phi) is 6.54. The lowest BCUT2D eigenvalue weighted by Gasteiger charge is -2.11. The second-order valence-electron chi connectivity index (χ2n) is 4.80. The molecule has 0 atom stereocenters. The molecule has 0 amide bonds. The first-order valence-electron chi connectivity index (χ1n) is 6.84. The van der Waals surface area contributed by atoms with Crippen molar-refractivity contribution in [1.82, 2.24) is 0 Å². The molecule has 0 aliphatic heterocycles. The van der Waals surface area contributed by atoms with E-state index in [4.69, 9.17) is 23.2 Å². The maximum atomic E-state index is 12.4. The molecule has 0 saturated heterocycles. The van der Waals surface area contributed by atoms with Crippen molar-refractivity contribution in [2.24, 2.45) is 5.10 Å². The summed E-state index contributed by atoms with van der Waals surface area (Å²) in [5, 5.41) is 23.4. The fourth-order valence-electron chi connectivity index (χ4n) is 1.86. The van der Waals surface area contributed by atoms with Gasteiger partial charge < -0.3 is 0 Å². The number of nitrogens with one attached hydrogen (secondary N) is 1. The fraction of sp³-hybridized carbons (Fsp3) is 0.0667. The predicted molar refractivity (Wildman–Crippen MR) is 97.2 cm³/mol. The van der Waals surface area contributed by atoms with E-state index in [-0.39, 0.29) is 49.4 Å². The molecule has 6 nitrogen and oxygen atoms in total. The number of hydrazone groups is 1. The van der Waals surface area contributed by atoms with Crippen LogP contribution in [0.1, 0.15) is 5.56 Å². The number of nitriles is 1. The summed E-state index contributed by atoms with van der Waals surface area (Å²) in [6.45, 7) is 0. The van der Waals surface area contributed by atoms with E-state index in [0.717, 1.165) is 12.1 Å². The van der Waals surface area contributed by atoms with Crippen LogP contribution in [0.3, 0.4) is 0 Å². The Labute approximate surface area is 164 Å². The van der Waals surface area contributed by atoms with Crippen molar-refractivity contribution in [2.75, 3.05) is 5.43 Å². The molecular formula is C15H7Cl2F3N4O2S. The molecule has 0 saturated carbocycles. The zero-order valence-electron chi connectivity index (χ0n) is 12.9. The minimum absolute atomic E-state index is 0.0134. The summed E-state index contributed by atoms with van der Waals surface area (Å²) in [5.74, 6) is 0. The van der Waals surface area contributed by atoms with E-state index < -0.39 is 10.4 Å². The zero-order chi connectivity index (χ0) is 20.2. The van der Waals surface area contributed by atoms with Gasteiger partial charge in [0.05, 0.1) is 20.7 Å². The van der Waals surface area contributed by atoms with E-state index in [1.54, 1.807) is 6.07 Å². The van der Waals surface area contributed by atoms with Crippen LogP contribution in [0.15, 0.2) is 46.4 Å². The van der Waals surface area contributed by atoms with Crippen LogP contribution in [0, 0.1) is 21.4 Å². The van der Waals surface area contributed by atoms with Gasteiger partial charge in [-0.15, -0.1) is 0 Å². The quantitative estimate of drug-likeness (QED) is 0.275. The van der Waals surface area contributed by atoms with Crippen LogP contribution in [-0.4, -0.2) is 16.1 Å². The molecule has 2 aromatic carbocycles. The lowest BCUT2D eigenvalue weighted by molar-refractivity contribution is -0.384. The Bertz CT molecular complexity index is 921. The van der Waals surface area contributed by atoms with Crippen molar-refractivity contribution < 1.29 is 18.1 Å². The molecule has 0 bridgehead atoms. The Hall–Kier alpha value is -2.48. The van der Waals surface area contributed by atoms with Crippen LogP contribution in [-0.2, 0) is 0 Å². The number of benzene rings is 2.